The van der Waals surface area contributed by atoms with Crippen molar-refractivity contribution in [2.24, 2.45) is 0 Å². The summed E-state index contributed by atoms with van der Waals surface area (Å²) in [7, 11) is 0. The zero-order valence-corrected chi connectivity index (χ0v) is 13.5. The van der Waals surface area contributed by atoms with Crippen LogP contribution in [0.4, 0.5) is 0 Å². The van der Waals surface area contributed by atoms with Gasteiger partial charge in [0, 0.05) is 12.1 Å². The average Bonchev–Trinajstić information content (AvgIpc) is 2.60. The number of amides is 2. The van der Waals surface area contributed by atoms with Gasteiger partial charge < -0.3 is 10.6 Å². The van der Waals surface area contributed by atoms with E-state index < -0.39 is 6.04 Å². The fourth-order valence-electron chi connectivity index (χ4n) is 2.24. The van der Waals surface area contributed by atoms with Gasteiger partial charge in [0.1, 0.15) is 6.04 Å². The Morgan fingerprint density at radius 1 is 0.913 bits per heavy atom. The van der Waals surface area contributed by atoms with Crippen molar-refractivity contribution in [2.45, 2.75) is 25.8 Å². The molecule has 2 aromatic rings. The van der Waals surface area contributed by atoms with Crippen LogP contribution in [0.15, 0.2) is 60.7 Å². The van der Waals surface area contributed by atoms with E-state index >= 15 is 0 Å². The van der Waals surface area contributed by atoms with Gasteiger partial charge in [0.05, 0.1) is 0 Å². The normalized spacial score (nSPS) is 13.0. The Kier molecular flexibility index (Phi) is 5.92. The van der Waals surface area contributed by atoms with Crippen LogP contribution in [-0.4, -0.2) is 24.4 Å². The molecule has 2 unspecified atom stereocenters. The van der Waals surface area contributed by atoms with Gasteiger partial charge in [-0.05, 0) is 30.5 Å². The smallest absolute Gasteiger partial charge is 0.251 e. The molecule has 2 atom stereocenters. The maximum absolute atomic E-state index is 12.1. The minimum Gasteiger partial charge on any atom is -0.354 e. The second kappa shape index (κ2) is 8.13. The minimum atomic E-state index is -0.578. The Morgan fingerprint density at radius 3 is 2.09 bits per heavy atom. The van der Waals surface area contributed by atoms with E-state index in [9.17, 15) is 9.59 Å². The summed E-state index contributed by atoms with van der Waals surface area (Å²) in [5.74, 6) is -0.210. The highest BCUT2D eigenvalue weighted by Gasteiger charge is 2.17. The van der Waals surface area contributed by atoms with Crippen molar-refractivity contribution in [3.63, 3.8) is 0 Å². The summed E-state index contributed by atoms with van der Waals surface area (Å²) in [6.07, 6.45) is 0. The van der Waals surface area contributed by atoms with Crippen molar-refractivity contribution in [3.8, 4) is 0 Å². The van der Waals surface area contributed by atoms with Crippen LogP contribution >= 0.6 is 0 Å². The first-order valence-electron chi connectivity index (χ1n) is 7.76. The lowest BCUT2D eigenvalue weighted by Crippen LogP contribution is -2.45. The zero-order chi connectivity index (χ0) is 16.7. The fourth-order valence-corrected chi connectivity index (χ4v) is 2.24. The van der Waals surface area contributed by atoms with E-state index in [2.05, 4.69) is 17.6 Å². The molecule has 2 rings (SSSR count). The largest absolute Gasteiger partial charge is 0.354 e. The van der Waals surface area contributed by atoms with Gasteiger partial charge in [-0.1, -0.05) is 55.5 Å². The van der Waals surface area contributed by atoms with Crippen LogP contribution in [0, 0.1) is 0 Å². The van der Waals surface area contributed by atoms with Gasteiger partial charge in [-0.25, -0.2) is 0 Å². The monoisotopic (exact) mass is 310 g/mol. The van der Waals surface area contributed by atoms with Gasteiger partial charge in [0.15, 0.2) is 0 Å². The molecule has 0 spiro atoms. The molecular weight excluding hydrogens is 288 g/mol. The van der Waals surface area contributed by atoms with Crippen LogP contribution in [0.2, 0.25) is 0 Å². The Hall–Kier alpha value is -2.62. The van der Waals surface area contributed by atoms with E-state index in [1.807, 2.05) is 36.4 Å². The second-order valence-corrected chi connectivity index (χ2v) is 5.62. The van der Waals surface area contributed by atoms with E-state index in [1.54, 1.807) is 31.2 Å². The number of benzene rings is 2. The van der Waals surface area contributed by atoms with E-state index in [1.165, 1.54) is 5.56 Å². The molecule has 4 heteroatoms. The molecule has 0 aliphatic heterocycles. The van der Waals surface area contributed by atoms with Gasteiger partial charge in [-0.2, -0.15) is 0 Å². The summed E-state index contributed by atoms with van der Waals surface area (Å²) in [4.78, 5) is 24.1. The molecule has 2 N–H and O–H groups in total. The molecule has 4 nitrogen and oxygen atoms in total. The van der Waals surface area contributed by atoms with Crippen LogP contribution in [-0.2, 0) is 4.79 Å². The molecule has 0 saturated heterocycles. The molecule has 0 aliphatic carbocycles. The standard InChI is InChI=1S/C19H22N2O2/c1-14(16-9-5-3-6-10-16)13-20-18(22)15(2)21-19(23)17-11-7-4-8-12-17/h3-12,14-15H,13H2,1-2H3,(H,20,22)(H,21,23). The summed E-state index contributed by atoms with van der Waals surface area (Å²) >= 11 is 0. The SMILES string of the molecule is CC(NC(=O)c1ccccc1)C(=O)NCC(C)c1ccccc1. The third-order valence-electron chi connectivity index (χ3n) is 3.73. The molecule has 0 saturated carbocycles. The van der Waals surface area contributed by atoms with Crippen molar-refractivity contribution in [1.82, 2.24) is 10.6 Å². The third-order valence-corrected chi connectivity index (χ3v) is 3.73. The molecule has 0 aromatic heterocycles. The van der Waals surface area contributed by atoms with Gasteiger partial charge in [0.2, 0.25) is 5.91 Å². The Morgan fingerprint density at radius 2 is 1.48 bits per heavy atom. The Balaban J connectivity index is 1.82. The molecular formula is C19H22N2O2. The highest BCUT2D eigenvalue weighted by atomic mass is 16.2. The third kappa shape index (κ3) is 4.95. The first-order valence-corrected chi connectivity index (χ1v) is 7.76. The maximum atomic E-state index is 12.1. The first kappa shape index (κ1) is 16.7. The summed E-state index contributed by atoms with van der Waals surface area (Å²) < 4.78 is 0. The highest BCUT2D eigenvalue weighted by molar-refractivity contribution is 5.97. The van der Waals surface area contributed by atoms with Crippen LogP contribution in [0.1, 0.15) is 35.7 Å². The van der Waals surface area contributed by atoms with Crippen molar-refractivity contribution >= 4 is 11.8 Å². The molecule has 2 aromatic carbocycles. The van der Waals surface area contributed by atoms with Crippen LogP contribution in [0.5, 0.6) is 0 Å². The van der Waals surface area contributed by atoms with Crippen LogP contribution in [0.25, 0.3) is 0 Å². The molecule has 0 heterocycles. The van der Waals surface area contributed by atoms with Gasteiger partial charge >= 0.3 is 0 Å². The summed E-state index contributed by atoms with van der Waals surface area (Å²) in [5, 5.41) is 5.59. The number of carbonyl (C=O) groups is 2. The predicted octanol–water partition coefficient (Wildman–Crippen LogP) is 2.72. The van der Waals surface area contributed by atoms with Gasteiger partial charge in [-0.15, -0.1) is 0 Å². The maximum Gasteiger partial charge on any atom is 0.251 e. The molecule has 2 amide bonds. The number of nitrogens with one attached hydrogen (secondary N) is 2. The number of carbonyl (C=O) groups excluding carboxylic acids is 2. The molecule has 120 valence electrons. The molecule has 23 heavy (non-hydrogen) atoms. The second-order valence-electron chi connectivity index (χ2n) is 5.62. The summed E-state index contributed by atoms with van der Waals surface area (Å²) in [6, 6.07) is 18.3. The van der Waals surface area contributed by atoms with Crippen molar-refractivity contribution in [1.29, 1.82) is 0 Å². The van der Waals surface area contributed by atoms with E-state index in [-0.39, 0.29) is 17.7 Å². The Bertz CT molecular complexity index is 641. The van der Waals surface area contributed by atoms with Crippen molar-refractivity contribution < 1.29 is 9.59 Å². The summed E-state index contributed by atoms with van der Waals surface area (Å²) in [5.41, 5.74) is 1.72. The lowest BCUT2D eigenvalue weighted by atomic mass is 10.0. The fraction of sp³-hybridized carbons (Fsp3) is 0.263. The molecule has 0 aliphatic rings. The van der Waals surface area contributed by atoms with E-state index in [0.29, 0.717) is 12.1 Å². The minimum absolute atomic E-state index is 0.183. The van der Waals surface area contributed by atoms with Crippen LogP contribution < -0.4 is 10.6 Å². The Labute approximate surface area is 136 Å². The van der Waals surface area contributed by atoms with Gasteiger partial charge in [0.25, 0.3) is 5.91 Å². The van der Waals surface area contributed by atoms with E-state index in [4.69, 9.17) is 0 Å². The average molecular weight is 310 g/mol. The summed E-state index contributed by atoms with van der Waals surface area (Å²) in [6.45, 7) is 4.28. The number of rotatable bonds is 6. The number of hydrogen-bond acceptors (Lipinski definition) is 2. The first-order chi connectivity index (χ1) is 11.1. The molecule has 0 bridgehead atoms. The highest BCUT2D eigenvalue weighted by Crippen LogP contribution is 2.12. The van der Waals surface area contributed by atoms with Crippen molar-refractivity contribution in [3.05, 3.63) is 71.8 Å². The zero-order valence-electron chi connectivity index (χ0n) is 13.5. The topological polar surface area (TPSA) is 58.2 Å². The van der Waals surface area contributed by atoms with E-state index in [0.717, 1.165) is 0 Å². The lowest BCUT2D eigenvalue weighted by molar-refractivity contribution is -0.122. The molecule has 0 fully saturated rings. The van der Waals surface area contributed by atoms with Crippen LogP contribution in [0.3, 0.4) is 0 Å². The quantitative estimate of drug-likeness (QED) is 0.862. The van der Waals surface area contributed by atoms with Gasteiger partial charge in [-0.3, -0.25) is 9.59 Å². The van der Waals surface area contributed by atoms with Crippen molar-refractivity contribution in [2.75, 3.05) is 6.54 Å². The predicted molar refractivity (Wildman–Crippen MR) is 91.2 cm³/mol. The molecule has 0 radical (unpaired) electrons. The number of hydrogen-bond donors (Lipinski definition) is 2. The lowest BCUT2D eigenvalue weighted by Gasteiger charge is -2.17.